The first-order valence-electron chi connectivity index (χ1n) is 34.8. The maximum Gasteiger partial charge on any atom is 0.297 e. The summed E-state index contributed by atoms with van der Waals surface area (Å²) in [4.78, 5) is 37.2. The Morgan fingerprint density at radius 3 is 1.63 bits per heavy atom. The Balaban J connectivity index is 0.917. The van der Waals surface area contributed by atoms with Crippen LogP contribution in [0.15, 0.2) is 178 Å². The van der Waals surface area contributed by atoms with Crippen molar-refractivity contribution < 1.29 is 84.3 Å². The molecule has 0 amide bonds. The van der Waals surface area contributed by atoms with Gasteiger partial charge in [0.15, 0.2) is 15.5 Å². The van der Waals surface area contributed by atoms with Gasteiger partial charge < -0.3 is 35.3 Å². The van der Waals surface area contributed by atoms with E-state index >= 15 is 0 Å². The molecule has 0 aliphatic heterocycles. The minimum Gasteiger partial charge on any atom is -0.491 e. The van der Waals surface area contributed by atoms with Gasteiger partial charge in [-0.15, -0.1) is 4.74 Å². The van der Waals surface area contributed by atoms with Crippen LogP contribution in [0.1, 0.15) is 134 Å². The summed E-state index contributed by atoms with van der Waals surface area (Å²) in [5.41, 5.74) is -1.14. The molecule has 10 aromatic rings. The van der Waals surface area contributed by atoms with Crippen molar-refractivity contribution in [3.63, 3.8) is 0 Å². The predicted octanol–water partition coefficient (Wildman–Crippen LogP) is 15.8. The van der Waals surface area contributed by atoms with Gasteiger partial charge in [0.2, 0.25) is 17.8 Å². The summed E-state index contributed by atoms with van der Waals surface area (Å²) in [6.07, 6.45) is 12.5. The number of sulfone groups is 1. The highest BCUT2D eigenvalue weighted by molar-refractivity contribution is 7.94. The maximum absolute atomic E-state index is 14.7. The Labute approximate surface area is 640 Å². The molecule has 10 rings (SSSR count). The summed E-state index contributed by atoms with van der Waals surface area (Å²) in [5.74, 6) is -1.02. The van der Waals surface area contributed by atoms with E-state index < -0.39 is 108 Å². The molecule has 0 atom stereocenters. The van der Waals surface area contributed by atoms with E-state index in [2.05, 4.69) is 59.1 Å². The van der Waals surface area contributed by atoms with Gasteiger partial charge in [0.25, 0.3) is 51.6 Å². The number of nitrogens with one attached hydrogen (secondary N) is 5. The molecule has 37 heteroatoms. The predicted molar refractivity (Wildman–Crippen MR) is 417 cm³/mol. The van der Waals surface area contributed by atoms with Gasteiger partial charge in [0.05, 0.1) is 67.6 Å². The van der Waals surface area contributed by atoms with Gasteiger partial charge in [-0.2, -0.15) is 44.5 Å². The van der Waals surface area contributed by atoms with E-state index in [1.54, 1.807) is 39.0 Å². The molecule has 0 aliphatic carbocycles. The molecule has 0 unspecified atom stereocenters. The van der Waals surface area contributed by atoms with Gasteiger partial charge in [-0.25, -0.2) is 22.1 Å². The minimum atomic E-state index is -5.05. The number of nitrogens with zero attached hydrogens (tertiary/aromatic N) is 5. The number of sulfonamides is 1. The fraction of sp³-hybridized carbons (Fsp3) is 0.315. The first kappa shape index (κ1) is 82.7. The van der Waals surface area contributed by atoms with Crippen molar-refractivity contribution >= 4 is 136 Å². The van der Waals surface area contributed by atoms with E-state index in [1.807, 2.05) is 25.1 Å². The summed E-state index contributed by atoms with van der Waals surface area (Å²) in [6.45, 7) is 12.2. The molecule has 110 heavy (non-hydrogen) atoms. The number of rotatable bonds is 38. The van der Waals surface area contributed by atoms with Crippen LogP contribution in [0.5, 0.6) is 11.5 Å². The van der Waals surface area contributed by atoms with Crippen molar-refractivity contribution in [1.29, 1.82) is 0 Å². The highest BCUT2D eigenvalue weighted by Crippen LogP contribution is 2.38. The average molecular weight is 1630 g/mol. The van der Waals surface area contributed by atoms with Crippen LogP contribution in [0, 0.1) is 17.0 Å². The lowest BCUT2D eigenvalue weighted by Gasteiger charge is -2.17. The van der Waals surface area contributed by atoms with Crippen LogP contribution >= 0.6 is 12.0 Å². The van der Waals surface area contributed by atoms with E-state index in [0.29, 0.717) is 47.2 Å². The smallest absolute Gasteiger partial charge is 0.297 e. The van der Waals surface area contributed by atoms with Crippen molar-refractivity contribution in [2.45, 2.75) is 166 Å². The van der Waals surface area contributed by atoms with Crippen LogP contribution in [0.4, 0.5) is 52.0 Å². The molecule has 2 heterocycles. The van der Waals surface area contributed by atoms with Gasteiger partial charge in [0, 0.05) is 50.8 Å². The first-order valence-corrected chi connectivity index (χ1v) is 43.0. The fourth-order valence-corrected chi connectivity index (χ4v) is 17.0. The molecular formula is C73H82N10O21S6. The quantitative estimate of drug-likeness (QED) is 0.00433. The molecule has 0 fully saturated rings. The van der Waals surface area contributed by atoms with Crippen molar-refractivity contribution in [3.8, 4) is 17.2 Å². The number of aromatic nitrogens is 4. The molecule has 0 saturated carbocycles. The van der Waals surface area contributed by atoms with Gasteiger partial charge in [-0.05, 0) is 151 Å². The maximum atomic E-state index is 14.7. The van der Waals surface area contributed by atoms with Crippen LogP contribution < -0.4 is 41.0 Å². The van der Waals surface area contributed by atoms with Gasteiger partial charge in [-0.1, -0.05) is 123 Å². The summed E-state index contributed by atoms with van der Waals surface area (Å²) in [5, 5.41) is 34.5. The topological polar surface area (TPSA) is 456 Å². The van der Waals surface area contributed by atoms with Crippen LogP contribution in [0.2, 0.25) is 0 Å². The van der Waals surface area contributed by atoms with E-state index in [-0.39, 0.29) is 96.6 Å². The molecule has 8 aromatic carbocycles. The number of ether oxygens (including phenoxy) is 2. The molecule has 0 bridgehead atoms. The first-order chi connectivity index (χ1) is 52.0. The number of hydrogen-bond acceptors (Lipinski definition) is 26. The number of nitro benzene ring substituents is 1. The van der Waals surface area contributed by atoms with E-state index in [9.17, 15) is 70.7 Å². The van der Waals surface area contributed by atoms with Crippen molar-refractivity contribution in [3.05, 3.63) is 182 Å². The van der Waals surface area contributed by atoms with Gasteiger partial charge in [0.1, 0.15) is 27.1 Å². The molecule has 2 aromatic heterocycles. The Kier molecular flexibility index (Phi) is 26.3. The van der Waals surface area contributed by atoms with E-state index in [1.165, 1.54) is 79.6 Å². The number of unbranched alkanes of at least 4 members (excludes halogenated alkanes) is 10. The minimum absolute atomic E-state index is 0.0528. The molecular weight excluding hydrogens is 1550 g/mol. The summed E-state index contributed by atoms with van der Waals surface area (Å²) in [7, 11) is -24.1. The third kappa shape index (κ3) is 21.2. The van der Waals surface area contributed by atoms with Crippen LogP contribution in [0.25, 0.3) is 27.2 Å². The normalized spacial score (nSPS) is 12.3. The van der Waals surface area contributed by atoms with Crippen LogP contribution in [0.3, 0.4) is 0 Å². The lowest BCUT2D eigenvalue weighted by Crippen LogP contribution is -2.22. The highest BCUT2D eigenvalue weighted by atomic mass is 32.2. The van der Waals surface area contributed by atoms with E-state index in [0.717, 1.165) is 99.4 Å². The van der Waals surface area contributed by atoms with E-state index in [4.69, 9.17) is 19.3 Å². The zero-order chi connectivity index (χ0) is 79.5. The van der Waals surface area contributed by atoms with Gasteiger partial charge >= 0.3 is 0 Å². The molecule has 0 spiro atoms. The Hall–Kier alpha value is -9.80. The largest absolute Gasteiger partial charge is 0.491 e. The molecule has 0 saturated heterocycles. The molecule has 586 valence electrons. The third-order valence-corrected chi connectivity index (χ3v) is 23.5. The monoisotopic (exact) mass is 1630 g/mol. The lowest BCUT2D eigenvalue weighted by molar-refractivity contribution is -0.385. The van der Waals surface area contributed by atoms with Crippen LogP contribution in [-0.4, -0.2) is 98.8 Å². The van der Waals surface area contributed by atoms with Gasteiger partial charge in [-0.3, -0.25) is 33.3 Å². The van der Waals surface area contributed by atoms with Crippen molar-refractivity contribution in [2.75, 3.05) is 39.2 Å². The lowest BCUT2D eigenvalue weighted by atomic mass is 9.91. The number of benzene rings is 8. The second kappa shape index (κ2) is 35.1. The summed E-state index contributed by atoms with van der Waals surface area (Å²) in [6, 6.07) is 30.8. The number of hydrogen-bond donors (Lipinski definition) is 9. The third-order valence-electron chi connectivity index (χ3n) is 17.4. The number of aryl methyl sites for hydroxylation is 1. The Bertz CT molecular complexity index is 5750. The highest BCUT2D eigenvalue weighted by Gasteiger charge is 2.35. The second-order valence-electron chi connectivity index (χ2n) is 26.9. The fourth-order valence-electron chi connectivity index (χ4n) is 12.0. The van der Waals surface area contributed by atoms with Crippen LogP contribution in [-0.2, 0) is 72.3 Å². The van der Waals surface area contributed by atoms with Crippen molar-refractivity contribution in [1.82, 2.24) is 19.7 Å². The SMILES string of the molecule is CCCCCCCCOc1ccc(C)cc1NCc1ccc(OCCCCCCCC)c(NS(=O)(=O)c2ccc(-n3oc(C(C)(C)C)c(CS(=O)(=O)c4ccc(Nc5nc(Nc6ccc7c(S(=O)(=O)O)cc(SOO)cc7c6)nc(Nc6ccc7c(S(=O)(=O)O)cc(S(=O)(=O)O)cc7c6)n5)cc4)c3=O)c([N+](=O)[O-])c2)c1. The standard InChI is InChI=1S/C73H82N10O21S6/c1-7-9-11-13-15-17-33-101-64-31-19-46(3)35-60(64)74-44-47-20-32-65(102-34-18-16-14-12-10-8-2)61(36-47)81-107(90,91)55-27-30-62(63(42-55)83(85)86)82-69(84)59(68(103-82)73(4,5)6)45-106(88,89)54-25-21-50(22-26-54)75-70-78-71(76-51-23-28-57-48(37-51)39-53(105-104-87)41-66(57)109(95,96)97)80-72(79-70)77-52-24-29-58-49(38-52)40-56(108(92,93)94)43-67(58)110(98,99)100/h19-32,35-43,74,81,87H,7-18,33-34,44-45H2,1-6H3,(H,92,93,94)(H,95,96,97)(H,98,99,100)(H3,75,76,77,78,79,80). The Morgan fingerprint density at radius 1 is 0.564 bits per heavy atom. The molecule has 0 aliphatic rings. The number of fused-ring (bicyclic) bond motifs is 2. The molecule has 0 radical (unpaired) electrons. The average Bonchev–Trinajstić information content (AvgIpc) is 1.51. The number of nitro groups is 1. The van der Waals surface area contributed by atoms with Crippen molar-refractivity contribution in [2.24, 2.45) is 0 Å². The zero-order valence-electron chi connectivity index (χ0n) is 60.5. The molecule has 31 nitrogen and oxygen atoms in total. The summed E-state index contributed by atoms with van der Waals surface area (Å²) < 4.78 is 188. The zero-order valence-corrected chi connectivity index (χ0v) is 65.4. The molecule has 9 N–H and O–H groups in total. The second-order valence-corrected chi connectivity index (χ2v) is 35.6. The summed E-state index contributed by atoms with van der Waals surface area (Å²) >= 11 is 0.387. The Morgan fingerprint density at radius 2 is 1.08 bits per heavy atom. The number of anilines is 8.